The minimum Gasteiger partial charge on any atom is -0.384 e. The van der Waals surface area contributed by atoms with E-state index in [0.29, 0.717) is 17.3 Å². The van der Waals surface area contributed by atoms with Gasteiger partial charge in [-0.3, -0.25) is 10.1 Å². The second-order valence-corrected chi connectivity index (χ2v) is 3.93. The second kappa shape index (κ2) is 3.90. The van der Waals surface area contributed by atoms with Crippen LogP contribution in [0.25, 0.3) is 0 Å². The molecule has 84 valence electrons. The maximum Gasteiger partial charge on any atom is 0.153 e. The summed E-state index contributed by atoms with van der Waals surface area (Å²) in [5, 5.41) is 19.3. The van der Waals surface area contributed by atoms with Crippen molar-refractivity contribution in [3.8, 4) is 0 Å². The summed E-state index contributed by atoms with van der Waals surface area (Å²) in [5.41, 5.74) is -0.446. The minimum absolute atomic E-state index is 0.528. The Morgan fingerprint density at radius 2 is 2.06 bits per heavy atom. The first-order chi connectivity index (χ1) is 7.55. The first-order valence-electron chi connectivity index (χ1n) is 4.87. The molecule has 0 aliphatic rings. The molecule has 2 rings (SSSR count). The highest BCUT2D eigenvalue weighted by Gasteiger charge is 2.17. The van der Waals surface area contributed by atoms with Gasteiger partial charge >= 0.3 is 0 Å². The zero-order chi connectivity index (χ0) is 11.6. The zero-order valence-corrected chi connectivity index (χ0v) is 9.10. The third-order valence-corrected chi connectivity index (χ3v) is 2.04. The Labute approximate surface area is 92.8 Å². The first kappa shape index (κ1) is 10.6. The number of aromatic amines is 1. The maximum absolute atomic E-state index is 9.70. The van der Waals surface area contributed by atoms with E-state index in [-0.39, 0.29) is 0 Å². The fourth-order valence-corrected chi connectivity index (χ4v) is 1.17. The van der Waals surface area contributed by atoms with Crippen molar-refractivity contribution >= 4 is 11.6 Å². The molecule has 0 amide bonds. The van der Waals surface area contributed by atoms with Gasteiger partial charge in [-0.1, -0.05) is 0 Å². The lowest BCUT2D eigenvalue weighted by molar-refractivity contribution is 0.0735. The van der Waals surface area contributed by atoms with Gasteiger partial charge in [0.15, 0.2) is 5.82 Å². The number of H-pyrrole nitrogens is 1. The Bertz CT molecular complexity index is 443. The Hall–Kier alpha value is -1.95. The van der Waals surface area contributed by atoms with Crippen molar-refractivity contribution in [2.24, 2.45) is 0 Å². The summed E-state index contributed by atoms with van der Waals surface area (Å²) in [7, 11) is 0. The van der Waals surface area contributed by atoms with Gasteiger partial charge in [0.2, 0.25) is 0 Å². The molecule has 3 N–H and O–H groups in total. The average molecular weight is 219 g/mol. The zero-order valence-electron chi connectivity index (χ0n) is 9.10. The molecule has 0 aliphatic carbocycles. The predicted octanol–water partition coefficient (Wildman–Crippen LogP) is 1.17. The van der Waals surface area contributed by atoms with E-state index in [4.69, 9.17) is 0 Å². The van der Waals surface area contributed by atoms with E-state index in [9.17, 15) is 5.11 Å². The lowest BCUT2D eigenvalue weighted by Crippen LogP contribution is -2.17. The van der Waals surface area contributed by atoms with Crippen LogP contribution >= 0.6 is 0 Å². The van der Waals surface area contributed by atoms with Crippen LogP contribution in [0.3, 0.4) is 0 Å². The SMILES string of the molecule is CC(C)(O)c1cnc(Nc2cc[nH]n2)cn1. The molecule has 16 heavy (non-hydrogen) atoms. The number of hydrogen-bond donors (Lipinski definition) is 3. The van der Waals surface area contributed by atoms with Crippen LogP contribution in [0.1, 0.15) is 19.5 Å². The number of anilines is 2. The van der Waals surface area contributed by atoms with Crippen LogP contribution in [0.2, 0.25) is 0 Å². The standard InChI is InChI=1S/C10H13N5O/c1-10(2,16)7-5-12-9(6-11-7)14-8-3-4-13-15-8/h3-6,16H,1-2H3,(H2,12,13,14,15). The Kier molecular flexibility index (Phi) is 2.57. The topological polar surface area (TPSA) is 86.7 Å². The molecule has 0 aromatic carbocycles. The smallest absolute Gasteiger partial charge is 0.153 e. The molecule has 2 aromatic rings. The van der Waals surface area contributed by atoms with Gasteiger partial charge < -0.3 is 10.4 Å². The molecule has 0 unspecified atom stereocenters. The number of rotatable bonds is 3. The van der Waals surface area contributed by atoms with Crippen molar-refractivity contribution in [2.75, 3.05) is 5.32 Å². The molecule has 0 fully saturated rings. The molecular formula is C10H13N5O. The van der Waals surface area contributed by atoms with Crippen LogP contribution in [0.5, 0.6) is 0 Å². The van der Waals surface area contributed by atoms with Crippen LogP contribution < -0.4 is 5.32 Å². The monoisotopic (exact) mass is 219 g/mol. The van der Waals surface area contributed by atoms with E-state index in [0.717, 1.165) is 0 Å². The molecular weight excluding hydrogens is 206 g/mol. The number of hydrogen-bond acceptors (Lipinski definition) is 5. The third-order valence-electron chi connectivity index (χ3n) is 2.04. The van der Waals surface area contributed by atoms with Gasteiger partial charge in [0.25, 0.3) is 0 Å². The van der Waals surface area contributed by atoms with Crippen LogP contribution in [0.15, 0.2) is 24.7 Å². The number of nitrogens with one attached hydrogen (secondary N) is 2. The lowest BCUT2D eigenvalue weighted by atomic mass is 10.1. The molecule has 0 saturated heterocycles. The predicted molar refractivity (Wildman–Crippen MR) is 59.1 cm³/mol. The average Bonchev–Trinajstić information content (AvgIpc) is 2.70. The maximum atomic E-state index is 9.70. The molecule has 2 heterocycles. The fraction of sp³-hybridized carbons (Fsp3) is 0.300. The summed E-state index contributed by atoms with van der Waals surface area (Å²) in [6.45, 7) is 3.33. The highest BCUT2D eigenvalue weighted by Crippen LogP contribution is 2.17. The van der Waals surface area contributed by atoms with E-state index >= 15 is 0 Å². The summed E-state index contributed by atoms with van der Waals surface area (Å²) in [4.78, 5) is 8.25. The third kappa shape index (κ3) is 2.34. The van der Waals surface area contributed by atoms with Crippen LogP contribution in [-0.2, 0) is 5.60 Å². The van der Waals surface area contributed by atoms with Crippen molar-refractivity contribution in [1.82, 2.24) is 20.2 Å². The molecule has 6 heteroatoms. The van der Waals surface area contributed by atoms with Gasteiger partial charge in [0, 0.05) is 12.3 Å². The highest BCUT2D eigenvalue weighted by molar-refractivity contribution is 5.49. The number of nitrogens with zero attached hydrogens (tertiary/aromatic N) is 3. The van der Waals surface area contributed by atoms with Crippen molar-refractivity contribution in [3.63, 3.8) is 0 Å². The van der Waals surface area contributed by atoms with E-state index < -0.39 is 5.60 Å². The van der Waals surface area contributed by atoms with E-state index in [1.54, 1.807) is 32.3 Å². The Morgan fingerprint density at radius 3 is 2.56 bits per heavy atom. The molecule has 6 nitrogen and oxygen atoms in total. The molecule has 0 radical (unpaired) electrons. The summed E-state index contributed by atoms with van der Waals surface area (Å²) < 4.78 is 0. The van der Waals surface area contributed by atoms with Gasteiger partial charge in [0.1, 0.15) is 11.4 Å². The largest absolute Gasteiger partial charge is 0.384 e. The van der Waals surface area contributed by atoms with Gasteiger partial charge in [0.05, 0.1) is 18.1 Å². The van der Waals surface area contributed by atoms with Crippen molar-refractivity contribution in [3.05, 3.63) is 30.4 Å². The quantitative estimate of drug-likeness (QED) is 0.721. The van der Waals surface area contributed by atoms with E-state index in [1.165, 1.54) is 6.20 Å². The Balaban J connectivity index is 2.14. The summed E-state index contributed by atoms with van der Waals surface area (Å²) in [6.07, 6.45) is 4.80. The van der Waals surface area contributed by atoms with Gasteiger partial charge in [-0.05, 0) is 13.8 Å². The molecule has 0 spiro atoms. The van der Waals surface area contributed by atoms with Crippen LogP contribution in [0, 0.1) is 0 Å². The number of aliphatic hydroxyl groups is 1. The van der Waals surface area contributed by atoms with Crippen molar-refractivity contribution in [1.29, 1.82) is 0 Å². The van der Waals surface area contributed by atoms with Gasteiger partial charge in [-0.25, -0.2) is 4.98 Å². The lowest BCUT2D eigenvalue weighted by Gasteiger charge is -2.15. The van der Waals surface area contributed by atoms with Gasteiger partial charge in [-0.15, -0.1) is 0 Å². The van der Waals surface area contributed by atoms with Crippen LogP contribution in [-0.4, -0.2) is 25.3 Å². The van der Waals surface area contributed by atoms with Crippen LogP contribution in [0.4, 0.5) is 11.6 Å². The first-order valence-corrected chi connectivity index (χ1v) is 4.87. The molecule has 0 saturated carbocycles. The molecule has 0 atom stereocenters. The normalized spacial score (nSPS) is 11.4. The van der Waals surface area contributed by atoms with Crippen molar-refractivity contribution in [2.45, 2.75) is 19.4 Å². The minimum atomic E-state index is -0.974. The molecule has 0 bridgehead atoms. The highest BCUT2D eigenvalue weighted by atomic mass is 16.3. The number of aromatic nitrogens is 4. The van der Waals surface area contributed by atoms with E-state index in [1.807, 2.05) is 0 Å². The summed E-state index contributed by atoms with van der Waals surface area (Å²) >= 11 is 0. The summed E-state index contributed by atoms with van der Waals surface area (Å²) in [6, 6.07) is 1.78. The summed E-state index contributed by atoms with van der Waals surface area (Å²) in [5.74, 6) is 1.26. The Morgan fingerprint density at radius 1 is 1.25 bits per heavy atom. The molecule has 0 aliphatic heterocycles. The van der Waals surface area contributed by atoms with Crippen molar-refractivity contribution < 1.29 is 5.11 Å². The van der Waals surface area contributed by atoms with E-state index in [2.05, 4.69) is 25.5 Å². The molecule has 2 aromatic heterocycles. The van der Waals surface area contributed by atoms with Gasteiger partial charge in [-0.2, -0.15) is 5.10 Å². The second-order valence-electron chi connectivity index (χ2n) is 3.93. The fourth-order valence-electron chi connectivity index (χ4n) is 1.17.